The van der Waals surface area contributed by atoms with Crippen LogP contribution in [-0.4, -0.2) is 17.4 Å². The Hall–Kier alpha value is -2.66. The molecule has 1 amide bonds. The quantitative estimate of drug-likeness (QED) is 0.648. The molecule has 1 aromatic heterocycles. The van der Waals surface area contributed by atoms with E-state index in [-0.39, 0.29) is 11.9 Å². The molecule has 0 aliphatic rings. The Morgan fingerprint density at radius 2 is 1.68 bits per heavy atom. The molecule has 1 atom stereocenters. The molecule has 1 heterocycles. The van der Waals surface area contributed by atoms with Crippen LogP contribution in [0.4, 0.5) is 5.69 Å². The Balaban J connectivity index is 1.74. The lowest BCUT2D eigenvalue weighted by Gasteiger charge is -2.21. The molecular weight excluding hydrogens is 378 g/mol. The third kappa shape index (κ3) is 4.90. The Kier molecular flexibility index (Phi) is 5.80. The van der Waals surface area contributed by atoms with Gasteiger partial charge in [-0.25, -0.2) is 0 Å². The molecule has 126 valence electrons. The number of nitrogens with zero attached hydrogens (tertiary/aromatic N) is 1. The van der Waals surface area contributed by atoms with Gasteiger partial charge in [0.15, 0.2) is 0 Å². The normalized spacial score (nSPS) is 11.6. The van der Waals surface area contributed by atoms with Crippen LogP contribution in [0.15, 0.2) is 83.6 Å². The Bertz CT molecular complexity index is 825. The largest absolute Gasteiger partial charge is 0.375 e. The number of aromatic nitrogens is 1. The maximum atomic E-state index is 12.3. The van der Waals surface area contributed by atoms with Gasteiger partial charge in [0.2, 0.25) is 0 Å². The average Bonchev–Trinajstić information content (AvgIpc) is 2.66. The van der Waals surface area contributed by atoms with E-state index in [4.69, 9.17) is 0 Å². The highest BCUT2D eigenvalue weighted by Crippen LogP contribution is 2.21. The van der Waals surface area contributed by atoms with E-state index in [1.807, 2.05) is 54.6 Å². The molecule has 2 N–H and O–H groups in total. The van der Waals surface area contributed by atoms with Crippen LogP contribution in [0.25, 0.3) is 0 Å². The molecule has 25 heavy (non-hydrogen) atoms. The monoisotopic (exact) mass is 395 g/mol. The second kappa shape index (κ2) is 8.44. The fraction of sp³-hybridized carbons (Fsp3) is 0.100. The van der Waals surface area contributed by atoms with Crippen LogP contribution in [0.5, 0.6) is 0 Å². The number of carbonyl (C=O) groups is 1. The van der Waals surface area contributed by atoms with Crippen LogP contribution in [-0.2, 0) is 0 Å². The molecule has 4 nitrogen and oxygen atoms in total. The summed E-state index contributed by atoms with van der Waals surface area (Å²) < 4.78 is 0.901. The van der Waals surface area contributed by atoms with Crippen molar-refractivity contribution in [1.29, 1.82) is 0 Å². The maximum Gasteiger partial charge on any atom is 0.251 e. The smallest absolute Gasteiger partial charge is 0.251 e. The van der Waals surface area contributed by atoms with Gasteiger partial charge in [-0.2, -0.15) is 0 Å². The zero-order valence-electron chi connectivity index (χ0n) is 13.5. The topological polar surface area (TPSA) is 54.0 Å². The van der Waals surface area contributed by atoms with Gasteiger partial charge in [0.25, 0.3) is 5.91 Å². The Morgan fingerprint density at radius 1 is 1.00 bits per heavy atom. The number of rotatable bonds is 6. The number of benzene rings is 2. The third-order valence-electron chi connectivity index (χ3n) is 3.75. The molecule has 5 heteroatoms. The van der Waals surface area contributed by atoms with Crippen molar-refractivity contribution in [2.45, 2.75) is 6.04 Å². The van der Waals surface area contributed by atoms with Crippen LogP contribution < -0.4 is 10.6 Å². The van der Waals surface area contributed by atoms with E-state index < -0.39 is 0 Å². The van der Waals surface area contributed by atoms with Crippen molar-refractivity contribution in [3.63, 3.8) is 0 Å². The first-order valence-electron chi connectivity index (χ1n) is 7.97. The lowest BCUT2D eigenvalue weighted by Crippen LogP contribution is -2.31. The summed E-state index contributed by atoms with van der Waals surface area (Å²) in [7, 11) is 0. The van der Waals surface area contributed by atoms with Gasteiger partial charge in [0, 0.05) is 22.8 Å². The molecule has 0 spiro atoms. The molecule has 0 unspecified atom stereocenters. The number of amides is 1. The minimum atomic E-state index is -0.0873. The van der Waals surface area contributed by atoms with Crippen molar-refractivity contribution in [1.82, 2.24) is 10.3 Å². The van der Waals surface area contributed by atoms with E-state index in [2.05, 4.69) is 31.5 Å². The van der Waals surface area contributed by atoms with Crippen molar-refractivity contribution in [2.24, 2.45) is 0 Å². The third-order valence-corrected chi connectivity index (χ3v) is 4.18. The second-order valence-corrected chi connectivity index (χ2v) is 6.49. The maximum absolute atomic E-state index is 12.3. The zero-order chi connectivity index (χ0) is 17.5. The standard InChI is InChI=1S/C20H18BrN3O/c21-17-11-18(13-22-12-17)24-19(15-7-3-1-4-8-15)14-23-20(25)16-9-5-2-6-10-16/h1-13,19,24H,14H2,(H,23,25)/t19-/m1/s1. The van der Waals surface area contributed by atoms with E-state index in [1.54, 1.807) is 24.5 Å². The highest BCUT2D eigenvalue weighted by Gasteiger charge is 2.14. The lowest BCUT2D eigenvalue weighted by molar-refractivity contribution is 0.0952. The molecule has 0 bridgehead atoms. The average molecular weight is 396 g/mol. The lowest BCUT2D eigenvalue weighted by atomic mass is 10.1. The van der Waals surface area contributed by atoms with Crippen molar-refractivity contribution in [3.05, 3.63) is 94.7 Å². The van der Waals surface area contributed by atoms with Crippen LogP contribution >= 0.6 is 15.9 Å². The first-order chi connectivity index (χ1) is 12.2. The van der Waals surface area contributed by atoms with E-state index >= 15 is 0 Å². The first kappa shape index (κ1) is 17.2. The molecule has 3 aromatic rings. The number of hydrogen-bond acceptors (Lipinski definition) is 3. The Morgan fingerprint density at radius 3 is 2.36 bits per heavy atom. The summed E-state index contributed by atoms with van der Waals surface area (Å²) in [4.78, 5) is 16.5. The number of anilines is 1. The van der Waals surface area contributed by atoms with Crippen molar-refractivity contribution < 1.29 is 4.79 Å². The number of halogens is 1. The van der Waals surface area contributed by atoms with Gasteiger partial charge in [-0.05, 0) is 39.7 Å². The minimum absolute atomic E-state index is 0.0648. The molecule has 0 saturated heterocycles. The summed E-state index contributed by atoms with van der Waals surface area (Å²) in [5.41, 5.74) is 2.63. The minimum Gasteiger partial charge on any atom is -0.375 e. The highest BCUT2D eigenvalue weighted by molar-refractivity contribution is 9.10. The fourth-order valence-corrected chi connectivity index (χ4v) is 2.88. The van der Waals surface area contributed by atoms with Crippen LogP contribution in [0, 0.1) is 0 Å². The summed E-state index contributed by atoms with van der Waals surface area (Å²) in [6.07, 6.45) is 3.50. The van der Waals surface area contributed by atoms with E-state index in [1.165, 1.54) is 0 Å². The second-order valence-electron chi connectivity index (χ2n) is 5.58. The summed E-state index contributed by atoms with van der Waals surface area (Å²) in [5, 5.41) is 6.43. The van der Waals surface area contributed by atoms with Gasteiger partial charge < -0.3 is 10.6 Å². The van der Waals surface area contributed by atoms with Crippen molar-refractivity contribution in [2.75, 3.05) is 11.9 Å². The molecule has 3 rings (SSSR count). The Labute approximate surface area is 155 Å². The van der Waals surface area contributed by atoms with Gasteiger partial charge in [-0.15, -0.1) is 0 Å². The summed E-state index contributed by atoms with van der Waals surface area (Å²) in [5.74, 6) is -0.0873. The van der Waals surface area contributed by atoms with Crippen molar-refractivity contribution >= 4 is 27.5 Å². The molecule has 0 radical (unpaired) electrons. The first-order valence-corrected chi connectivity index (χ1v) is 8.77. The van der Waals surface area contributed by atoms with E-state index in [0.717, 1.165) is 15.7 Å². The van der Waals surface area contributed by atoms with E-state index in [9.17, 15) is 4.79 Å². The van der Waals surface area contributed by atoms with Gasteiger partial charge in [0.1, 0.15) is 0 Å². The van der Waals surface area contributed by atoms with Gasteiger partial charge in [-0.3, -0.25) is 9.78 Å². The van der Waals surface area contributed by atoms with E-state index in [0.29, 0.717) is 12.1 Å². The fourth-order valence-electron chi connectivity index (χ4n) is 2.52. The van der Waals surface area contributed by atoms with Gasteiger partial charge in [-0.1, -0.05) is 48.5 Å². The SMILES string of the molecule is O=C(NC[C@@H](Nc1cncc(Br)c1)c1ccccc1)c1ccccc1. The predicted octanol–water partition coefficient (Wildman–Crippen LogP) is 4.43. The van der Waals surface area contributed by atoms with Crippen molar-refractivity contribution in [3.8, 4) is 0 Å². The summed E-state index contributed by atoms with van der Waals surface area (Å²) in [6.45, 7) is 0.463. The predicted molar refractivity (Wildman–Crippen MR) is 104 cm³/mol. The molecule has 0 fully saturated rings. The molecule has 0 saturated carbocycles. The highest BCUT2D eigenvalue weighted by atomic mass is 79.9. The molecule has 2 aromatic carbocycles. The number of hydrogen-bond donors (Lipinski definition) is 2. The van der Waals surface area contributed by atoms with Gasteiger partial charge in [0.05, 0.1) is 17.9 Å². The van der Waals surface area contributed by atoms with Crippen LogP contribution in [0.2, 0.25) is 0 Å². The number of pyridine rings is 1. The summed E-state index contributed by atoms with van der Waals surface area (Å²) in [6, 6.07) is 21.1. The molecule has 0 aliphatic carbocycles. The van der Waals surface area contributed by atoms with Crippen LogP contribution in [0.1, 0.15) is 22.0 Å². The zero-order valence-corrected chi connectivity index (χ0v) is 15.1. The number of nitrogens with one attached hydrogen (secondary N) is 2. The molecular formula is C20H18BrN3O. The molecule has 0 aliphatic heterocycles. The van der Waals surface area contributed by atoms with Gasteiger partial charge >= 0.3 is 0 Å². The summed E-state index contributed by atoms with van der Waals surface area (Å²) >= 11 is 3.43. The number of carbonyl (C=O) groups excluding carboxylic acids is 1. The van der Waals surface area contributed by atoms with Crippen LogP contribution in [0.3, 0.4) is 0 Å².